The lowest BCUT2D eigenvalue weighted by Gasteiger charge is -2.28. The lowest BCUT2D eigenvalue weighted by atomic mass is 9.86. The number of aliphatic hydroxyl groups is 1. The van der Waals surface area contributed by atoms with Crippen molar-refractivity contribution in [3.63, 3.8) is 0 Å². The number of nitriles is 1. The Labute approximate surface area is 102 Å². The van der Waals surface area contributed by atoms with E-state index in [0.29, 0.717) is 24.1 Å². The van der Waals surface area contributed by atoms with Gasteiger partial charge in [0.2, 0.25) is 0 Å². The van der Waals surface area contributed by atoms with Crippen molar-refractivity contribution >= 4 is 5.69 Å². The summed E-state index contributed by atoms with van der Waals surface area (Å²) in [6, 6.07) is 10.2. The van der Waals surface area contributed by atoms with E-state index in [1.54, 1.807) is 0 Å². The normalized spacial score (nSPS) is 24.0. The van der Waals surface area contributed by atoms with Gasteiger partial charge in [0.15, 0.2) is 0 Å². The van der Waals surface area contributed by atoms with Gasteiger partial charge in [-0.3, -0.25) is 0 Å². The van der Waals surface area contributed by atoms with Crippen LogP contribution in [-0.4, -0.2) is 17.8 Å². The predicted octanol–water partition coefficient (Wildman–Crippen LogP) is 2.52. The largest absolute Gasteiger partial charge is 0.396 e. The maximum atomic E-state index is 9.07. The highest BCUT2D eigenvalue weighted by Gasteiger charge is 2.20. The zero-order chi connectivity index (χ0) is 12.1. The molecular formula is C14H18N2O. The number of rotatable bonds is 3. The molecule has 1 aromatic carbocycles. The number of nitrogens with one attached hydrogen (secondary N) is 1. The van der Waals surface area contributed by atoms with Crippen molar-refractivity contribution in [2.45, 2.75) is 31.7 Å². The first-order valence-electron chi connectivity index (χ1n) is 6.19. The van der Waals surface area contributed by atoms with Crippen LogP contribution in [0, 0.1) is 17.2 Å². The third-order valence-corrected chi connectivity index (χ3v) is 3.49. The first-order valence-corrected chi connectivity index (χ1v) is 6.19. The van der Waals surface area contributed by atoms with Crippen molar-refractivity contribution < 1.29 is 5.11 Å². The van der Waals surface area contributed by atoms with Crippen LogP contribution in [0.2, 0.25) is 0 Å². The molecule has 90 valence electrons. The van der Waals surface area contributed by atoms with Crippen molar-refractivity contribution in [1.29, 1.82) is 5.26 Å². The molecule has 1 aliphatic carbocycles. The zero-order valence-corrected chi connectivity index (χ0v) is 9.89. The Morgan fingerprint density at radius 2 is 1.82 bits per heavy atom. The van der Waals surface area contributed by atoms with Crippen LogP contribution in [-0.2, 0) is 0 Å². The Morgan fingerprint density at radius 3 is 2.35 bits per heavy atom. The van der Waals surface area contributed by atoms with E-state index < -0.39 is 0 Å². The molecule has 1 fully saturated rings. The second-order valence-corrected chi connectivity index (χ2v) is 4.73. The van der Waals surface area contributed by atoms with Gasteiger partial charge in [-0.1, -0.05) is 0 Å². The highest BCUT2D eigenvalue weighted by molar-refractivity contribution is 5.47. The zero-order valence-electron chi connectivity index (χ0n) is 9.89. The molecule has 2 N–H and O–H groups in total. The van der Waals surface area contributed by atoms with Gasteiger partial charge in [-0.05, 0) is 55.9 Å². The van der Waals surface area contributed by atoms with Crippen LogP contribution in [0.15, 0.2) is 24.3 Å². The van der Waals surface area contributed by atoms with Gasteiger partial charge in [-0.2, -0.15) is 5.26 Å². The summed E-state index contributed by atoms with van der Waals surface area (Å²) < 4.78 is 0. The quantitative estimate of drug-likeness (QED) is 0.839. The summed E-state index contributed by atoms with van der Waals surface area (Å²) in [6.45, 7) is 0.323. The maximum Gasteiger partial charge on any atom is 0.0991 e. The molecule has 3 nitrogen and oxygen atoms in total. The number of anilines is 1. The minimum Gasteiger partial charge on any atom is -0.396 e. The van der Waals surface area contributed by atoms with Crippen LogP contribution in [0.1, 0.15) is 31.2 Å². The van der Waals surface area contributed by atoms with Crippen molar-refractivity contribution in [3.05, 3.63) is 29.8 Å². The fourth-order valence-electron chi connectivity index (χ4n) is 2.37. The third-order valence-electron chi connectivity index (χ3n) is 3.49. The summed E-state index contributed by atoms with van der Waals surface area (Å²) >= 11 is 0. The van der Waals surface area contributed by atoms with Gasteiger partial charge in [0.05, 0.1) is 11.6 Å². The lowest BCUT2D eigenvalue weighted by molar-refractivity contribution is 0.186. The average Bonchev–Trinajstić information content (AvgIpc) is 2.40. The van der Waals surface area contributed by atoms with E-state index in [-0.39, 0.29) is 0 Å². The Morgan fingerprint density at radius 1 is 1.18 bits per heavy atom. The van der Waals surface area contributed by atoms with Crippen LogP contribution in [0.4, 0.5) is 5.69 Å². The van der Waals surface area contributed by atoms with E-state index in [2.05, 4.69) is 11.4 Å². The van der Waals surface area contributed by atoms with Crippen molar-refractivity contribution in [1.82, 2.24) is 0 Å². The number of nitrogens with zero attached hydrogens (tertiary/aromatic N) is 1. The number of hydrogen-bond acceptors (Lipinski definition) is 3. The van der Waals surface area contributed by atoms with Crippen LogP contribution in [0.3, 0.4) is 0 Å². The summed E-state index contributed by atoms with van der Waals surface area (Å²) in [6.07, 6.45) is 4.44. The average molecular weight is 230 g/mol. The van der Waals surface area contributed by atoms with Gasteiger partial charge < -0.3 is 10.4 Å². The van der Waals surface area contributed by atoms with Gasteiger partial charge >= 0.3 is 0 Å². The Hall–Kier alpha value is -1.53. The van der Waals surface area contributed by atoms with E-state index in [1.165, 1.54) is 0 Å². The molecule has 0 amide bonds. The van der Waals surface area contributed by atoms with Crippen molar-refractivity contribution in [2.24, 2.45) is 5.92 Å². The topological polar surface area (TPSA) is 56.0 Å². The highest BCUT2D eigenvalue weighted by Crippen LogP contribution is 2.26. The molecule has 0 aliphatic heterocycles. The molecule has 0 saturated heterocycles. The van der Waals surface area contributed by atoms with E-state index in [1.807, 2.05) is 24.3 Å². The van der Waals surface area contributed by atoms with Crippen LogP contribution < -0.4 is 5.32 Å². The molecule has 0 radical (unpaired) electrons. The van der Waals surface area contributed by atoms with E-state index >= 15 is 0 Å². The van der Waals surface area contributed by atoms with E-state index in [9.17, 15) is 0 Å². The lowest BCUT2D eigenvalue weighted by Crippen LogP contribution is -2.27. The van der Waals surface area contributed by atoms with E-state index in [0.717, 1.165) is 31.4 Å². The van der Waals surface area contributed by atoms with E-state index in [4.69, 9.17) is 10.4 Å². The molecule has 1 aliphatic rings. The first kappa shape index (κ1) is 11.9. The molecule has 0 aromatic heterocycles. The minimum atomic E-state index is 0.323. The highest BCUT2D eigenvalue weighted by atomic mass is 16.3. The van der Waals surface area contributed by atoms with Gasteiger partial charge in [0, 0.05) is 18.3 Å². The minimum absolute atomic E-state index is 0.323. The Balaban J connectivity index is 1.87. The first-order chi connectivity index (χ1) is 8.31. The molecule has 0 spiro atoms. The van der Waals surface area contributed by atoms with Crippen LogP contribution in [0.25, 0.3) is 0 Å². The molecule has 17 heavy (non-hydrogen) atoms. The molecular weight excluding hydrogens is 212 g/mol. The predicted molar refractivity (Wildman–Crippen MR) is 67.6 cm³/mol. The summed E-state index contributed by atoms with van der Waals surface area (Å²) in [5, 5.41) is 21.3. The Kier molecular flexibility index (Phi) is 4.00. The molecule has 1 aromatic rings. The SMILES string of the molecule is N#Cc1ccc(NC2CCC(CO)CC2)cc1. The summed E-state index contributed by atoms with van der Waals surface area (Å²) in [4.78, 5) is 0. The van der Waals surface area contributed by atoms with Gasteiger partial charge in [-0.25, -0.2) is 0 Å². The van der Waals surface area contributed by atoms with Gasteiger partial charge in [-0.15, -0.1) is 0 Å². The smallest absolute Gasteiger partial charge is 0.0991 e. The second-order valence-electron chi connectivity index (χ2n) is 4.73. The Bertz CT molecular complexity index is 386. The monoisotopic (exact) mass is 230 g/mol. The molecule has 1 saturated carbocycles. The third kappa shape index (κ3) is 3.21. The maximum absolute atomic E-state index is 9.07. The molecule has 2 rings (SSSR count). The second kappa shape index (κ2) is 5.70. The van der Waals surface area contributed by atoms with Crippen LogP contribution >= 0.6 is 0 Å². The van der Waals surface area contributed by atoms with Crippen molar-refractivity contribution in [2.75, 3.05) is 11.9 Å². The van der Waals surface area contributed by atoms with Crippen LogP contribution in [0.5, 0.6) is 0 Å². The summed E-state index contributed by atoms with van der Waals surface area (Å²) in [5.41, 5.74) is 1.77. The summed E-state index contributed by atoms with van der Waals surface area (Å²) in [7, 11) is 0. The number of benzene rings is 1. The fourth-order valence-corrected chi connectivity index (χ4v) is 2.37. The number of aliphatic hydroxyl groups excluding tert-OH is 1. The molecule has 0 bridgehead atoms. The molecule has 0 heterocycles. The number of hydrogen-bond donors (Lipinski definition) is 2. The molecule has 0 atom stereocenters. The summed E-state index contributed by atoms with van der Waals surface area (Å²) in [5.74, 6) is 0.494. The fraction of sp³-hybridized carbons (Fsp3) is 0.500. The molecule has 3 heteroatoms. The molecule has 0 unspecified atom stereocenters. The van der Waals surface area contributed by atoms with Gasteiger partial charge in [0.25, 0.3) is 0 Å². The van der Waals surface area contributed by atoms with Crippen molar-refractivity contribution in [3.8, 4) is 6.07 Å². The standard InChI is InChI=1S/C14H18N2O/c15-9-11-1-5-13(6-2-11)16-14-7-3-12(10-17)4-8-14/h1-2,5-6,12,14,16-17H,3-4,7-8,10H2. The van der Waals surface area contributed by atoms with Gasteiger partial charge in [0.1, 0.15) is 0 Å².